The third-order valence-corrected chi connectivity index (χ3v) is 3.51. The summed E-state index contributed by atoms with van der Waals surface area (Å²) < 4.78 is 11.4. The molecule has 1 atom stereocenters. The van der Waals surface area contributed by atoms with Gasteiger partial charge in [-0.25, -0.2) is 0 Å². The van der Waals surface area contributed by atoms with Gasteiger partial charge in [0.1, 0.15) is 17.1 Å². The van der Waals surface area contributed by atoms with E-state index in [0.717, 1.165) is 33.4 Å². The van der Waals surface area contributed by atoms with E-state index in [9.17, 15) is 0 Å². The maximum absolute atomic E-state index is 6.38. The van der Waals surface area contributed by atoms with Crippen LogP contribution in [0.25, 0.3) is 21.9 Å². The van der Waals surface area contributed by atoms with Crippen molar-refractivity contribution in [3.05, 3.63) is 34.2 Å². The molecule has 0 fully saturated rings. The second kappa shape index (κ2) is 3.77. The van der Waals surface area contributed by atoms with Crippen LogP contribution in [0, 0.1) is 13.8 Å². The van der Waals surface area contributed by atoms with Gasteiger partial charge < -0.3 is 14.6 Å². The van der Waals surface area contributed by atoms with Gasteiger partial charge >= 0.3 is 0 Å². The molecule has 3 nitrogen and oxygen atoms in total. The number of rotatable bonds is 1. The Balaban J connectivity index is 2.60. The molecule has 3 aromatic rings. The van der Waals surface area contributed by atoms with E-state index in [4.69, 9.17) is 26.2 Å². The fourth-order valence-electron chi connectivity index (χ4n) is 2.45. The van der Waals surface area contributed by atoms with Gasteiger partial charge in [-0.3, -0.25) is 0 Å². The maximum Gasteiger partial charge on any atom is 0.154 e. The van der Waals surface area contributed by atoms with Crippen molar-refractivity contribution in [2.45, 2.75) is 26.8 Å². The molecule has 2 heterocycles. The molecule has 0 aliphatic heterocycles. The Morgan fingerprint density at radius 1 is 1.06 bits per heavy atom. The molecule has 0 saturated carbocycles. The normalized spacial score (nSPS) is 13.6. The van der Waals surface area contributed by atoms with Crippen molar-refractivity contribution < 1.29 is 8.83 Å². The van der Waals surface area contributed by atoms with Gasteiger partial charge in [0.2, 0.25) is 0 Å². The predicted octanol–water partition coefficient (Wildman–Crippen LogP) is 4.47. The number of halogens is 1. The van der Waals surface area contributed by atoms with E-state index in [1.54, 1.807) is 0 Å². The average molecular weight is 264 g/mol. The van der Waals surface area contributed by atoms with Crippen LogP contribution in [0.2, 0.25) is 5.02 Å². The molecule has 3 rings (SSSR count). The summed E-state index contributed by atoms with van der Waals surface area (Å²) in [6.45, 7) is 5.73. The zero-order valence-corrected chi connectivity index (χ0v) is 11.3. The molecule has 0 saturated heterocycles. The summed E-state index contributed by atoms with van der Waals surface area (Å²) in [6.07, 6.45) is 0. The minimum atomic E-state index is -0.144. The molecule has 2 aromatic heterocycles. The topological polar surface area (TPSA) is 52.3 Å². The van der Waals surface area contributed by atoms with Gasteiger partial charge in [0.25, 0.3) is 0 Å². The molecule has 0 spiro atoms. The van der Waals surface area contributed by atoms with Gasteiger partial charge in [0.15, 0.2) is 5.58 Å². The number of fused-ring (bicyclic) bond motifs is 2. The monoisotopic (exact) mass is 263 g/mol. The lowest BCUT2D eigenvalue weighted by Gasteiger charge is -2.08. The van der Waals surface area contributed by atoms with Crippen molar-refractivity contribution in [3.63, 3.8) is 0 Å². The number of aryl methyl sites for hydroxylation is 2. The minimum absolute atomic E-state index is 0.144. The van der Waals surface area contributed by atoms with Crippen molar-refractivity contribution in [2.24, 2.45) is 5.73 Å². The molecular weight excluding hydrogens is 250 g/mol. The third-order valence-electron chi connectivity index (χ3n) is 3.14. The van der Waals surface area contributed by atoms with E-state index in [2.05, 4.69) is 0 Å². The number of furan rings is 2. The first-order chi connectivity index (χ1) is 8.49. The van der Waals surface area contributed by atoms with E-state index < -0.39 is 0 Å². The highest BCUT2D eigenvalue weighted by molar-refractivity contribution is 6.40. The molecule has 18 heavy (non-hydrogen) atoms. The molecule has 2 N–H and O–H groups in total. The van der Waals surface area contributed by atoms with E-state index in [-0.39, 0.29) is 6.04 Å². The highest BCUT2D eigenvalue weighted by Crippen LogP contribution is 2.41. The maximum atomic E-state index is 6.38. The number of benzene rings is 1. The van der Waals surface area contributed by atoms with Crippen LogP contribution in [0.4, 0.5) is 0 Å². The molecule has 0 amide bonds. The molecule has 4 heteroatoms. The fraction of sp³-hybridized carbons (Fsp3) is 0.286. The lowest BCUT2D eigenvalue weighted by Crippen LogP contribution is -2.05. The second-order valence-corrected chi connectivity index (χ2v) is 5.09. The summed E-state index contributed by atoms with van der Waals surface area (Å²) in [6, 6.07) is 3.73. The quantitative estimate of drug-likeness (QED) is 0.705. The second-order valence-electron chi connectivity index (χ2n) is 4.72. The SMILES string of the molecule is Cc1cc2c(C(C)N)c3oc(C)cc3c(Cl)c2o1. The zero-order chi connectivity index (χ0) is 13.0. The molecule has 94 valence electrons. The number of nitrogens with two attached hydrogens (primary N) is 1. The zero-order valence-electron chi connectivity index (χ0n) is 10.5. The first-order valence-electron chi connectivity index (χ1n) is 5.86. The van der Waals surface area contributed by atoms with Crippen molar-refractivity contribution in [2.75, 3.05) is 0 Å². The lowest BCUT2D eigenvalue weighted by atomic mass is 10.0. The number of hydrogen-bond donors (Lipinski definition) is 1. The largest absolute Gasteiger partial charge is 0.461 e. The molecule has 1 unspecified atom stereocenters. The van der Waals surface area contributed by atoms with E-state index >= 15 is 0 Å². The average Bonchev–Trinajstić information content (AvgIpc) is 2.81. The van der Waals surface area contributed by atoms with Crippen LogP contribution in [0.3, 0.4) is 0 Å². The van der Waals surface area contributed by atoms with E-state index in [0.29, 0.717) is 10.6 Å². The van der Waals surface area contributed by atoms with Crippen molar-refractivity contribution in [1.29, 1.82) is 0 Å². The van der Waals surface area contributed by atoms with Gasteiger partial charge in [-0.15, -0.1) is 0 Å². The smallest absolute Gasteiger partial charge is 0.154 e. The third kappa shape index (κ3) is 1.48. The predicted molar refractivity (Wildman–Crippen MR) is 73.1 cm³/mol. The molecule has 0 aliphatic carbocycles. The van der Waals surface area contributed by atoms with Gasteiger partial charge in [0.05, 0.1) is 5.02 Å². The van der Waals surface area contributed by atoms with Crippen LogP contribution in [0.1, 0.15) is 30.0 Å². The van der Waals surface area contributed by atoms with Crippen LogP contribution in [0.5, 0.6) is 0 Å². The summed E-state index contributed by atoms with van der Waals surface area (Å²) in [7, 11) is 0. The Labute approximate surface area is 109 Å². The summed E-state index contributed by atoms with van der Waals surface area (Å²) in [5.41, 5.74) is 8.48. The standard InChI is InChI=1S/C14H14ClNO2/c1-6-4-9-11(8(3)16)13-10(5-7(2)17-13)12(15)14(9)18-6/h4-5,8H,16H2,1-3H3. The first-order valence-corrected chi connectivity index (χ1v) is 6.24. The summed E-state index contributed by atoms with van der Waals surface area (Å²) in [5, 5.41) is 2.40. The van der Waals surface area contributed by atoms with Gasteiger partial charge in [0, 0.05) is 22.4 Å². The van der Waals surface area contributed by atoms with Crippen molar-refractivity contribution >= 4 is 33.5 Å². The van der Waals surface area contributed by atoms with Crippen LogP contribution in [0.15, 0.2) is 21.0 Å². The fourth-order valence-corrected chi connectivity index (χ4v) is 2.73. The molecule has 1 aromatic carbocycles. The molecule has 0 bridgehead atoms. The Hall–Kier alpha value is -1.45. The van der Waals surface area contributed by atoms with Crippen LogP contribution < -0.4 is 5.73 Å². The van der Waals surface area contributed by atoms with Crippen LogP contribution in [-0.2, 0) is 0 Å². The summed E-state index contributed by atoms with van der Waals surface area (Å²) in [5.74, 6) is 1.64. The number of hydrogen-bond acceptors (Lipinski definition) is 3. The van der Waals surface area contributed by atoms with E-state index in [1.165, 1.54) is 0 Å². The molecule has 0 radical (unpaired) electrons. The Kier molecular flexibility index (Phi) is 2.44. The Bertz CT molecular complexity index is 694. The van der Waals surface area contributed by atoms with Crippen LogP contribution in [-0.4, -0.2) is 0 Å². The minimum Gasteiger partial charge on any atom is -0.461 e. The Morgan fingerprint density at radius 3 is 2.22 bits per heavy atom. The molecular formula is C14H14ClNO2. The van der Waals surface area contributed by atoms with Gasteiger partial charge in [-0.1, -0.05) is 11.6 Å². The van der Waals surface area contributed by atoms with E-state index in [1.807, 2.05) is 32.9 Å². The lowest BCUT2D eigenvalue weighted by molar-refractivity contribution is 0.569. The highest BCUT2D eigenvalue weighted by Gasteiger charge is 2.21. The highest BCUT2D eigenvalue weighted by atomic mass is 35.5. The van der Waals surface area contributed by atoms with Gasteiger partial charge in [-0.05, 0) is 32.9 Å². The first kappa shape index (κ1) is 11.6. The van der Waals surface area contributed by atoms with Crippen molar-refractivity contribution in [1.82, 2.24) is 0 Å². The van der Waals surface area contributed by atoms with Crippen molar-refractivity contribution in [3.8, 4) is 0 Å². The summed E-state index contributed by atoms with van der Waals surface area (Å²) in [4.78, 5) is 0. The Morgan fingerprint density at radius 2 is 1.61 bits per heavy atom. The summed E-state index contributed by atoms with van der Waals surface area (Å²) >= 11 is 6.38. The van der Waals surface area contributed by atoms with Gasteiger partial charge in [-0.2, -0.15) is 0 Å². The molecule has 0 aliphatic rings. The van der Waals surface area contributed by atoms with Crippen LogP contribution >= 0.6 is 11.6 Å².